The van der Waals surface area contributed by atoms with Crippen LogP contribution in [0.3, 0.4) is 0 Å². The maximum absolute atomic E-state index is 5.05. The first-order valence-corrected chi connectivity index (χ1v) is 13.1. The van der Waals surface area contributed by atoms with Gasteiger partial charge in [0.05, 0.1) is 28.5 Å². The molecule has 3 aromatic heterocycles. The fourth-order valence-electron chi connectivity index (χ4n) is 5.05. The van der Waals surface area contributed by atoms with Crippen molar-refractivity contribution < 1.29 is 0 Å². The fraction of sp³-hybridized carbons (Fsp3) is 0.206. The van der Waals surface area contributed by atoms with Gasteiger partial charge in [-0.2, -0.15) is 0 Å². The van der Waals surface area contributed by atoms with E-state index in [0.29, 0.717) is 19.6 Å². The highest BCUT2D eigenvalue weighted by atomic mass is 15.1. The van der Waals surface area contributed by atoms with E-state index in [9.17, 15) is 0 Å². The van der Waals surface area contributed by atoms with Crippen LogP contribution in [0.15, 0.2) is 97.2 Å². The average molecular weight is 499 g/mol. The highest BCUT2D eigenvalue weighted by Crippen LogP contribution is 2.23. The van der Waals surface area contributed by atoms with E-state index < -0.39 is 0 Å². The number of aryl methyl sites for hydroxylation is 4. The zero-order valence-corrected chi connectivity index (χ0v) is 22.6. The van der Waals surface area contributed by atoms with Crippen LogP contribution in [0.2, 0.25) is 0 Å². The first kappa shape index (κ1) is 25.5. The van der Waals surface area contributed by atoms with Crippen LogP contribution >= 0.6 is 0 Å². The number of pyridine rings is 3. The number of hydrogen-bond acceptors (Lipinski definition) is 4. The van der Waals surface area contributed by atoms with Gasteiger partial charge in [-0.15, -0.1) is 0 Å². The van der Waals surface area contributed by atoms with Crippen molar-refractivity contribution in [3.05, 3.63) is 137 Å². The van der Waals surface area contributed by atoms with Crippen molar-refractivity contribution in [3.8, 4) is 22.5 Å². The van der Waals surface area contributed by atoms with Crippen molar-refractivity contribution in [2.24, 2.45) is 0 Å². The lowest BCUT2D eigenvalue weighted by Gasteiger charge is -2.22. The largest absolute Gasteiger partial charge is 0.286 e. The normalized spacial score (nSPS) is 11.2. The molecule has 0 aliphatic rings. The quantitative estimate of drug-likeness (QED) is 0.220. The summed E-state index contributed by atoms with van der Waals surface area (Å²) >= 11 is 0. The van der Waals surface area contributed by atoms with E-state index in [2.05, 4.69) is 116 Å². The van der Waals surface area contributed by atoms with Crippen LogP contribution in [-0.4, -0.2) is 19.9 Å². The Morgan fingerprint density at radius 3 is 1.39 bits per heavy atom. The molecule has 0 aliphatic carbocycles. The van der Waals surface area contributed by atoms with Gasteiger partial charge in [0, 0.05) is 37.0 Å². The molecule has 0 aliphatic heterocycles. The number of nitrogens with zero attached hydrogens (tertiary/aromatic N) is 4. The van der Waals surface area contributed by atoms with Crippen LogP contribution in [0.1, 0.15) is 39.3 Å². The lowest BCUT2D eigenvalue weighted by molar-refractivity contribution is 0.239. The maximum Gasteiger partial charge on any atom is 0.0706 e. The highest BCUT2D eigenvalue weighted by molar-refractivity contribution is 5.62. The molecule has 0 fully saturated rings. The molecule has 5 aromatic rings. The smallest absolute Gasteiger partial charge is 0.0706 e. The van der Waals surface area contributed by atoms with Gasteiger partial charge >= 0.3 is 0 Å². The van der Waals surface area contributed by atoms with Crippen molar-refractivity contribution in [1.82, 2.24) is 19.9 Å². The van der Waals surface area contributed by atoms with Crippen molar-refractivity contribution in [2.45, 2.75) is 47.3 Å². The second-order valence-corrected chi connectivity index (χ2v) is 10.2. The standard InChI is InChI=1S/C34H34N4/c1-24-15-25(2)18-28(17-24)33-12-7-10-31(36-33)22-38(21-30-9-5-6-14-35-30)23-32-11-8-13-34(37-32)29-19-26(3)16-27(4)20-29/h5-20H,21-23H2,1-4H3. The molecule has 0 saturated heterocycles. The van der Waals surface area contributed by atoms with E-state index in [1.807, 2.05) is 18.3 Å². The van der Waals surface area contributed by atoms with Crippen LogP contribution in [-0.2, 0) is 19.6 Å². The fourth-order valence-corrected chi connectivity index (χ4v) is 5.05. The van der Waals surface area contributed by atoms with Gasteiger partial charge in [0.2, 0.25) is 0 Å². The van der Waals surface area contributed by atoms with Gasteiger partial charge in [0.25, 0.3) is 0 Å². The van der Waals surface area contributed by atoms with E-state index in [1.54, 1.807) is 0 Å². The molecule has 0 amide bonds. The molecule has 5 rings (SSSR count). The van der Waals surface area contributed by atoms with E-state index in [-0.39, 0.29) is 0 Å². The van der Waals surface area contributed by atoms with Gasteiger partial charge in [-0.3, -0.25) is 19.9 Å². The Bertz CT molecular complexity index is 1400. The summed E-state index contributed by atoms with van der Waals surface area (Å²) in [6, 6.07) is 31.9. The highest BCUT2D eigenvalue weighted by Gasteiger charge is 2.13. The second kappa shape index (κ2) is 11.5. The summed E-state index contributed by atoms with van der Waals surface area (Å²) in [6.07, 6.45) is 1.85. The zero-order valence-electron chi connectivity index (χ0n) is 22.6. The lowest BCUT2D eigenvalue weighted by Crippen LogP contribution is -2.24. The van der Waals surface area contributed by atoms with Crippen molar-refractivity contribution in [3.63, 3.8) is 0 Å². The third kappa shape index (κ3) is 6.58. The van der Waals surface area contributed by atoms with Gasteiger partial charge in [0.1, 0.15) is 0 Å². The Hall–Kier alpha value is -4.15. The third-order valence-electron chi connectivity index (χ3n) is 6.53. The molecule has 4 heteroatoms. The lowest BCUT2D eigenvalue weighted by atomic mass is 10.0. The van der Waals surface area contributed by atoms with Crippen LogP contribution in [0.25, 0.3) is 22.5 Å². The predicted molar refractivity (Wildman–Crippen MR) is 155 cm³/mol. The number of aromatic nitrogens is 3. The second-order valence-electron chi connectivity index (χ2n) is 10.2. The minimum Gasteiger partial charge on any atom is -0.286 e. The number of benzene rings is 2. The van der Waals surface area contributed by atoms with Gasteiger partial charge in [-0.05, 0) is 88.4 Å². The Morgan fingerprint density at radius 2 is 0.947 bits per heavy atom. The zero-order chi connectivity index (χ0) is 26.5. The van der Waals surface area contributed by atoms with Crippen LogP contribution in [0.4, 0.5) is 0 Å². The van der Waals surface area contributed by atoms with Crippen molar-refractivity contribution in [1.29, 1.82) is 0 Å². The molecule has 38 heavy (non-hydrogen) atoms. The van der Waals surface area contributed by atoms with E-state index in [0.717, 1.165) is 39.6 Å². The summed E-state index contributed by atoms with van der Waals surface area (Å²) in [4.78, 5) is 17.1. The van der Waals surface area contributed by atoms with Crippen molar-refractivity contribution in [2.75, 3.05) is 0 Å². The molecule has 0 unspecified atom stereocenters. The molecule has 0 N–H and O–H groups in total. The minimum atomic E-state index is 0.699. The minimum absolute atomic E-state index is 0.699. The summed E-state index contributed by atoms with van der Waals surface area (Å²) in [7, 11) is 0. The predicted octanol–water partition coefficient (Wildman–Crippen LogP) is 7.64. The molecule has 0 spiro atoms. The Balaban J connectivity index is 1.43. The molecule has 190 valence electrons. The van der Waals surface area contributed by atoms with Gasteiger partial charge in [-0.25, -0.2) is 0 Å². The summed E-state index contributed by atoms with van der Waals surface area (Å²) in [5, 5.41) is 0. The Kier molecular flexibility index (Phi) is 7.71. The summed E-state index contributed by atoms with van der Waals surface area (Å²) in [6.45, 7) is 10.6. The molecule has 0 saturated carbocycles. The van der Waals surface area contributed by atoms with Crippen LogP contribution in [0.5, 0.6) is 0 Å². The topological polar surface area (TPSA) is 41.9 Å². The van der Waals surface area contributed by atoms with Crippen LogP contribution < -0.4 is 0 Å². The molecule has 0 atom stereocenters. The molecule has 4 nitrogen and oxygen atoms in total. The summed E-state index contributed by atoms with van der Waals surface area (Å²) in [5.41, 5.74) is 12.4. The van der Waals surface area contributed by atoms with E-state index in [4.69, 9.17) is 9.97 Å². The Morgan fingerprint density at radius 1 is 0.500 bits per heavy atom. The van der Waals surface area contributed by atoms with Gasteiger partial charge < -0.3 is 0 Å². The van der Waals surface area contributed by atoms with Gasteiger partial charge in [0.15, 0.2) is 0 Å². The average Bonchev–Trinajstić information content (AvgIpc) is 2.88. The number of rotatable bonds is 8. The number of hydrogen-bond donors (Lipinski definition) is 0. The maximum atomic E-state index is 5.05. The van der Waals surface area contributed by atoms with E-state index >= 15 is 0 Å². The first-order chi connectivity index (χ1) is 18.4. The molecule has 2 aromatic carbocycles. The molecule has 0 bridgehead atoms. The third-order valence-corrected chi connectivity index (χ3v) is 6.53. The molecular formula is C34H34N4. The Labute approximate surface area is 226 Å². The molecule has 3 heterocycles. The monoisotopic (exact) mass is 498 g/mol. The van der Waals surface area contributed by atoms with E-state index in [1.165, 1.54) is 22.3 Å². The SMILES string of the molecule is Cc1cc(C)cc(-c2cccc(CN(Cc3ccccn3)Cc3cccc(-c4cc(C)cc(C)c4)n3)n2)c1. The van der Waals surface area contributed by atoms with Gasteiger partial charge in [-0.1, -0.05) is 52.6 Å². The van der Waals surface area contributed by atoms with Crippen molar-refractivity contribution >= 4 is 0 Å². The van der Waals surface area contributed by atoms with Crippen LogP contribution in [0, 0.1) is 27.7 Å². The summed E-state index contributed by atoms with van der Waals surface area (Å²) < 4.78 is 0. The first-order valence-electron chi connectivity index (χ1n) is 13.1. The summed E-state index contributed by atoms with van der Waals surface area (Å²) in [5.74, 6) is 0. The molecule has 0 radical (unpaired) electrons. The molecular weight excluding hydrogens is 464 g/mol.